The molecule has 7 heteroatoms. The SMILES string of the molecule is CCc1cc(C(=O)N2CCOCC2)c2c(C3CC3)nn(-c3ccccc3F)c2n1. The predicted molar refractivity (Wildman–Crippen MR) is 107 cm³/mol. The van der Waals surface area contributed by atoms with Crippen LogP contribution in [0.5, 0.6) is 0 Å². The molecule has 1 aliphatic heterocycles. The van der Waals surface area contributed by atoms with E-state index in [0.29, 0.717) is 55.5 Å². The summed E-state index contributed by atoms with van der Waals surface area (Å²) in [7, 11) is 0. The Morgan fingerprint density at radius 3 is 2.69 bits per heavy atom. The summed E-state index contributed by atoms with van der Waals surface area (Å²) in [6.45, 7) is 4.24. The largest absolute Gasteiger partial charge is 0.378 e. The molecule has 1 saturated carbocycles. The number of para-hydroxylation sites is 1. The van der Waals surface area contributed by atoms with Gasteiger partial charge in [-0.25, -0.2) is 14.1 Å². The van der Waals surface area contributed by atoms with Gasteiger partial charge in [-0.15, -0.1) is 0 Å². The maximum absolute atomic E-state index is 14.6. The second-order valence-corrected chi connectivity index (χ2v) is 7.64. The molecule has 0 radical (unpaired) electrons. The van der Waals surface area contributed by atoms with Gasteiger partial charge in [-0.05, 0) is 37.5 Å². The molecule has 150 valence electrons. The lowest BCUT2D eigenvalue weighted by molar-refractivity contribution is 0.0304. The molecule has 0 N–H and O–H groups in total. The minimum Gasteiger partial charge on any atom is -0.378 e. The first-order valence-corrected chi connectivity index (χ1v) is 10.2. The monoisotopic (exact) mass is 394 g/mol. The quantitative estimate of drug-likeness (QED) is 0.680. The van der Waals surface area contributed by atoms with Crippen molar-refractivity contribution in [1.82, 2.24) is 19.7 Å². The van der Waals surface area contributed by atoms with Crippen molar-refractivity contribution < 1.29 is 13.9 Å². The van der Waals surface area contributed by atoms with Crippen molar-refractivity contribution in [2.24, 2.45) is 0 Å². The third kappa shape index (κ3) is 3.19. The molecule has 5 rings (SSSR count). The van der Waals surface area contributed by atoms with E-state index >= 15 is 0 Å². The van der Waals surface area contributed by atoms with E-state index in [-0.39, 0.29) is 11.7 Å². The summed E-state index contributed by atoms with van der Waals surface area (Å²) in [5, 5.41) is 5.53. The van der Waals surface area contributed by atoms with Crippen molar-refractivity contribution in [3.63, 3.8) is 0 Å². The number of fused-ring (bicyclic) bond motifs is 1. The molecule has 0 atom stereocenters. The van der Waals surface area contributed by atoms with Gasteiger partial charge in [0.25, 0.3) is 5.91 Å². The summed E-state index contributed by atoms with van der Waals surface area (Å²) in [6.07, 6.45) is 2.74. The lowest BCUT2D eigenvalue weighted by Gasteiger charge is -2.27. The van der Waals surface area contributed by atoms with E-state index < -0.39 is 0 Å². The Bertz CT molecular complexity index is 1080. The summed E-state index contributed by atoms with van der Waals surface area (Å²) < 4.78 is 21.6. The molecule has 1 aliphatic carbocycles. The number of pyridine rings is 1. The van der Waals surface area contributed by atoms with Crippen LogP contribution in [0, 0.1) is 5.82 Å². The Morgan fingerprint density at radius 2 is 2.00 bits per heavy atom. The number of morpholine rings is 1. The number of rotatable bonds is 4. The standard InChI is InChI=1S/C22H23FN4O2/c1-2-15-13-16(22(28)26-9-11-29-12-10-26)19-20(14-7-8-14)25-27(21(19)24-15)18-6-4-3-5-17(18)23/h3-6,13-14H,2,7-12H2,1H3. The van der Waals surface area contributed by atoms with E-state index in [2.05, 4.69) is 0 Å². The lowest BCUT2D eigenvalue weighted by atomic mass is 10.0. The lowest BCUT2D eigenvalue weighted by Crippen LogP contribution is -2.40. The Balaban J connectivity index is 1.75. The van der Waals surface area contributed by atoms with E-state index in [4.69, 9.17) is 14.8 Å². The van der Waals surface area contributed by atoms with Gasteiger partial charge in [-0.3, -0.25) is 4.79 Å². The zero-order valence-electron chi connectivity index (χ0n) is 16.4. The summed E-state index contributed by atoms with van der Waals surface area (Å²) >= 11 is 0. The molecule has 0 bridgehead atoms. The van der Waals surface area contributed by atoms with Crippen LogP contribution in [0.2, 0.25) is 0 Å². The number of halogens is 1. The van der Waals surface area contributed by atoms with Gasteiger partial charge in [-0.1, -0.05) is 19.1 Å². The number of nitrogens with zero attached hydrogens (tertiary/aromatic N) is 4. The number of carbonyl (C=O) groups excluding carboxylic acids is 1. The molecule has 6 nitrogen and oxygen atoms in total. The summed E-state index contributed by atoms with van der Waals surface area (Å²) in [6, 6.07) is 8.45. The number of benzene rings is 1. The average molecular weight is 394 g/mol. The first-order valence-electron chi connectivity index (χ1n) is 10.2. The van der Waals surface area contributed by atoms with Gasteiger partial charge in [0, 0.05) is 24.7 Å². The third-order valence-corrected chi connectivity index (χ3v) is 5.65. The van der Waals surface area contributed by atoms with Crippen LogP contribution in [0.15, 0.2) is 30.3 Å². The number of aromatic nitrogens is 3. The molecular weight excluding hydrogens is 371 g/mol. The van der Waals surface area contributed by atoms with Crippen LogP contribution >= 0.6 is 0 Å². The van der Waals surface area contributed by atoms with Crippen LogP contribution in [0.3, 0.4) is 0 Å². The van der Waals surface area contributed by atoms with Gasteiger partial charge < -0.3 is 9.64 Å². The van der Waals surface area contributed by atoms with Crippen molar-refractivity contribution >= 4 is 16.9 Å². The molecule has 2 aliphatic rings. The third-order valence-electron chi connectivity index (χ3n) is 5.65. The average Bonchev–Trinajstić information content (AvgIpc) is 3.54. The molecule has 1 amide bonds. The van der Waals surface area contributed by atoms with Gasteiger partial charge in [0.15, 0.2) is 5.65 Å². The van der Waals surface area contributed by atoms with Crippen molar-refractivity contribution in [2.45, 2.75) is 32.1 Å². The predicted octanol–water partition coefficient (Wildman–Crippen LogP) is 3.47. The van der Waals surface area contributed by atoms with Crippen LogP contribution in [-0.2, 0) is 11.2 Å². The molecule has 1 aromatic carbocycles. The fourth-order valence-electron chi connectivity index (χ4n) is 3.91. The highest BCUT2D eigenvalue weighted by atomic mass is 19.1. The van der Waals surface area contributed by atoms with E-state index in [1.165, 1.54) is 6.07 Å². The number of ether oxygens (including phenoxy) is 1. The molecule has 29 heavy (non-hydrogen) atoms. The first kappa shape index (κ1) is 18.2. The Kier molecular flexibility index (Phi) is 4.54. The molecule has 1 saturated heterocycles. The minimum absolute atomic E-state index is 0.0228. The van der Waals surface area contributed by atoms with Crippen LogP contribution in [0.1, 0.15) is 47.4 Å². The smallest absolute Gasteiger partial charge is 0.254 e. The van der Waals surface area contributed by atoms with E-state index in [0.717, 1.165) is 29.6 Å². The van der Waals surface area contributed by atoms with Crippen LogP contribution in [0.4, 0.5) is 4.39 Å². The van der Waals surface area contributed by atoms with Crippen molar-refractivity contribution in [2.75, 3.05) is 26.3 Å². The van der Waals surface area contributed by atoms with Gasteiger partial charge in [0.05, 0.1) is 29.9 Å². The van der Waals surface area contributed by atoms with Crippen LogP contribution < -0.4 is 0 Å². The first-order chi connectivity index (χ1) is 14.2. The fourth-order valence-corrected chi connectivity index (χ4v) is 3.91. The highest BCUT2D eigenvalue weighted by molar-refractivity contribution is 6.07. The Labute approximate surface area is 168 Å². The zero-order chi connectivity index (χ0) is 20.0. The molecule has 2 fully saturated rings. The van der Waals surface area contributed by atoms with E-state index in [9.17, 15) is 9.18 Å². The second kappa shape index (κ2) is 7.22. The van der Waals surface area contributed by atoms with Crippen molar-refractivity contribution in [1.29, 1.82) is 0 Å². The molecular formula is C22H23FN4O2. The molecule has 3 heterocycles. The number of carbonyl (C=O) groups is 1. The zero-order valence-corrected chi connectivity index (χ0v) is 16.4. The number of hydrogen-bond donors (Lipinski definition) is 0. The van der Waals surface area contributed by atoms with Gasteiger partial charge in [0.1, 0.15) is 11.5 Å². The summed E-state index contributed by atoms with van der Waals surface area (Å²) in [5.74, 6) is -0.0783. The number of hydrogen-bond acceptors (Lipinski definition) is 4. The fraction of sp³-hybridized carbons (Fsp3) is 0.409. The van der Waals surface area contributed by atoms with Crippen molar-refractivity contribution in [3.05, 3.63) is 53.1 Å². The summed E-state index contributed by atoms with van der Waals surface area (Å²) in [4.78, 5) is 20.0. The maximum Gasteiger partial charge on any atom is 0.254 e. The van der Waals surface area contributed by atoms with Crippen molar-refractivity contribution in [3.8, 4) is 5.69 Å². The normalized spacial score (nSPS) is 17.1. The van der Waals surface area contributed by atoms with E-state index in [1.807, 2.05) is 17.9 Å². The number of amides is 1. The highest BCUT2D eigenvalue weighted by Crippen LogP contribution is 2.44. The molecule has 2 aromatic heterocycles. The molecule has 0 spiro atoms. The highest BCUT2D eigenvalue weighted by Gasteiger charge is 2.33. The van der Waals surface area contributed by atoms with E-state index in [1.54, 1.807) is 22.9 Å². The van der Waals surface area contributed by atoms with Gasteiger partial charge >= 0.3 is 0 Å². The Hall–Kier alpha value is -2.80. The Morgan fingerprint density at radius 1 is 1.24 bits per heavy atom. The summed E-state index contributed by atoms with van der Waals surface area (Å²) in [5.41, 5.74) is 3.20. The molecule has 0 unspecified atom stereocenters. The maximum atomic E-state index is 14.6. The molecule has 3 aromatic rings. The minimum atomic E-state index is -0.357. The van der Waals surface area contributed by atoms with Gasteiger partial charge in [0.2, 0.25) is 0 Å². The second-order valence-electron chi connectivity index (χ2n) is 7.64. The topological polar surface area (TPSA) is 60.3 Å². The van der Waals surface area contributed by atoms with Gasteiger partial charge in [-0.2, -0.15) is 5.10 Å². The number of aryl methyl sites for hydroxylation is 1. The van der Waals surface area contributed by atoms with Crippen LogP contribution in [-0.4, -0.2) is 51.9 Å². The van der Waals surface area contributed by atoms with Crippen LogP contribution in [0.25, 0.3) is 16.7 Å².